The molecule has 1 aromatic rings. The Hall–Kier alpha value is -1.35. The lowest BCUT2D eigenvalue weighted by Crippen LogP contribution is -2.46. The first-order chi connectivity index (χ1) is 8.58. The molecule has 0 N–H and O–H groups in total. The van der Waals surface area contributed by atoms with Gasteiger partial charge in [0.25, 0.3) is 0 Å². The zero-order valence-electron chi connectivity index (χ0n) is 11.3. The molecule has 1 aliphatic heterocycles. The molecular weight excluding hydrogens is 226 g/mol. The Bertz CT molecular complexity index is 404. The molecule has 3 atom stereocenters. The summed E-state index contributed by atoms with van der Waals surface area (Å²) < 4.78 is 5.64. The predicted octanol–water partition coefficient (Wildman–Crippen LogP) is 2.57. The van der Waals surface area contributed by atoms with E-state index in [1.165, 1.54) is 0 Å². The van der Waals surface area contributed by atoms with Crippen molar-refractivity contribution in [3.8, 4) is 0 Å². The number of nitrogens with zero attached hydrogens (tertiary/aromatic N) is 1. The van der Waals surface area contributed by atoms with Crippen LogP contribution in [0.5, 0.6) is 0 Å². The highest BCUT2D eigenvalue weighted by Gasteiger charge is 2.31. The molecule has 1 aliphatic rings. The second kappa shape index (κ2) is 5.53. The van der Waals surface area contributed by atoms with Crippen LogP contribution in [0.4, 0.5) is 0 Å². The zero-order valence-corrected chi connectivity index (χ0v) is 11.3. The summed E-state index contributed by atoms with van der Waals surface area (Å²) >= 11 is 0. The van der Waals surface area contributed by atoms with Gasteiger partial charge in [0.1, 0.15) is 6.10 Å². The molecule has 3 heteroatoms. The van der Waals surface area contributed by atoms with Crippen LogP contribution in [0.15, 0.2) is 30.3 Å². The van der Waals surface area contributed by atoms with Crippen LogP contribution in [-0.4, -0.2) is 36.6 Å². The Morgan fingerprint density at radius 2 is 1.94 bits per heavy atom. The van der Waals surface area contributed by atoms with Crippen molar-refractivity contribution < 1.29 is 9.53 Å². The van der Waals surface area contributed by atoms with Gasteiger partial charge in [-0.25, -0.2) is 4.79 Å². The van der Waals surface area contributed by atoms with Crippen LogP contribution < -0.4 is 0 Å². The van der Waals surface area contributed by atoms with Crippen LogP contribution in [0.2, 0.25) is 0 Å². The number of likely N-dealkylation sites (tertiary alicyclic amines) is 1. The number of rotatable bonds is 2. The summed E-state index contributed by atoms with van der Waals surface area (Å²) in [5, 5.41) is 0. The third-order valence-electron chi connectivity index (χ3n) is 3.80. The van der Waals surface area contributed by atoms with Crippen molar-refractivity contribution in [3.63, 3.8) is 0 Å². The normalized spacial score (nSPS) is 28.9. The monoisotopic (exact) mass is 247 g/mol. The second-order valence-corrected chi connectivity index (χ2v) is 5.31. The molecule has 1 saturated heterocycles. The first-order valence-corrected chi connectivity index (χ1v) is 6.54. The number of carbonyl (C=O) groups is 1. The molecule has 3 nitrogen and oxygen atoms in total. The first-order valence-electron chi connectivity index (χ1n) is 6.54. The van der Waals surface area contributed by atoms with Gasteiger partial charge in [-0.05, 0) is 32.5 Å². The number of hydrogen-bond donors (Lipinski definition) is 0. The number of esters is 1. The fourth-order valence-corrected chi connectivity index (χ4v) is 2.44. The van der Waals surface area contributed by atoms with Gasteiger partial charge in [-0.15, -0.1) is 0 Å². The highest BCUT2D eigenvalue weighted by molar-refractivity contribution is 5.89. The summed E-state index contributed by atoms with van der Waals surface area (Å²) in [7, 11) is 2.12. The maximum absolute atomic E-state index is 12.0. The van der Waals surface area contributed by atoms with E-state index in [0.29, 0.717) is 17.5 Å². The minimum Gasteiger partial charge on any atom is -0.458 e. The van der Waals surface area contributed by atoms with Crippen molar-refractivity contribution in [1.29, 1.82) is 0 Å². The lowest BCUT2D eigenvalue weighted by molar-refractivity contribution is -0.0196. The quantitative estimate of drug-likeness (QED) is 0.752. The van der Waals surface area contributed by atoms with Crippen molar-refractivity contribution in [2.75, 3.05) is 13.6 Å². The molecule has 0 spiro atoms. The van der Waals surface area contributed by atoms with Gasteiger partial charge in [-0.3, -0.25) is 0 Å². The summed E-state index contributed by atoms with van der Waals surface area (Å²) in [6, 6.07) is 9.68. The van der Waals surface area contributed by atoms with Crippen LogP contribution in [0.1, 0.15) is 30.6 Å². The predicted molar refractivity (Wildman–Crippen MR) is 71.5 cm³/mol. The molecule has 0 amide bonds. The van der Waals surface area contributed by atoms with E-state index in [9.17, 15) is 4.79 Å². The third kappa shape index (κ3) is 2.91. The van der Waals surface area contributed by atoms with Crippen LogP contribution in [0.3, 0.4) is 0 Å². The summed E-state index contributed by atoms with van der Waals surface area (Å²) in [6.45, 7) is 5.30. The Labute approximate surface area is 109 Å². The van der Waals surface area contributed by atoms with Crippen LogP contribution >= 0.6 is 0 Å². The van der Waals surface area contributed by atoms with Crippen molar-refractivity contribution in [3.05, 3.63) is 35.9 Å². The van der Waals surface area contributed by atoms with Gasteiger partial charge in [0.15, 0.2) is 0 Å². The van der Waals surface area contributed by atoms with Crippen molar-refractivity contribution in [2.45, 2.75) is 32.4 Å². The summed E-state index contributed by atoms with van der Waals surface area (Å²) in [6.07, 6.45) is 0.944. The SMILES string of the molecule is C[C@@H]1CN(C)[C@@H](C)C[C@H]1OC(=O)c1ccccc1. The summed E-state index contributed by atoms with van der Waals surface area (Å²) in [5.41, 5.74) is 0.635. The number of piperidine rings is 1. The van der Waals surface area contributed by atoms with Crippen LogP contribution in [0.25, 0.3) is 0 Å². The fourth-order valence-electron chi connectivity index (χ4n) is 2.44. The standard InChI is InChI=1S/C15H21NO2/c1-11-10-16(3)12(2)9-14(11)18-15(17)13-7-5-4-6-8-13/h4-8,11-12,14H,9-10H2,1-3H3/t11-,12+,14-/m1/s1. The topological polar surface area (TPSA) is 29.5 Å². The molecule has 0 saturated carbocycles. The van der Waals surface area contributed by atoms with Gasteiger partial charge < -0.3 is 9.64 Å². The molecule has 0 aliphatic carbocycles. The molecular formula is C15H21NO2. The van der Waals surface area contributed by atoms with Crippen molar-refractivity contribution >= 4 is 5.97 Å². The minimum atomic E-state index is -0.204. The average molecular weight is 247 g/mol. The number of carbonyl (C=O) groups excluding carboxylic acids is 1. The van der Waals surface area contributed by atoms with Gasteiger partial charge in [0.05, 0.1) is 5.56 Å². The number of ether oxygens (including phenoxy) is 1. The lowest BCUT2D eigenvalue weighted by atomic mass is 9.92. The van der Waals surface area contributed by atoms with E-state index in [2.05, 4.69) is 25.8 Å². The first kappa shape index (κ1) is 13.1. The molecule has 0 aromatic heterocycles. The maximum atomic E-state index is 12.0. The van der Waals surface area contributed by atoms with E-state index in [1.807, 2.05) is 18.2 Å². The molecule has 1 heterocycles. The maximum Gasteiger partial charge on any atom is 0.338 e. The summed E-state index contributed by atoms with van der Waals surface area (Å²) in [5.74, 6) is 0.183. The molecule has 98 valence electrons. The van der Waals surface area contributed by atoms with E-state index >= 15 is 0 Å². The smallest absolute Gasteiger partial charge is 0.338 e. The lowest BCUT2D eigenvalue weighted by Gasteiger charge is -2.39. The van der Waals surface area contributed by atoms with E-state index in [1.54, 1.807) is 12.1 Å². The highest BCUT2D eigenvalue weighted by atomic mass is 16.5. The van der Waals surface area contributed by atoms with Gasteiger partial charge >= 0.3 is 5.97 Å². The molecule has 0 radical (unpaired) electrons. The molecule has 2 rings (SSSR count). The Morgan fingerprint density at radius 1 is 1.28 bits per heavy atom. The third-order valence-corrected chi connectivity index (χ3v) is 3.80. The van der Waals surface area contributed by atoms with Gasteiger partial charge in [-0.1, -0.05) is 25.1 Å². The Morgan fingerprint density at radius 3 is 2.61 bits per heavy atom. The average Bonchev–Trinajstić information content (AvgIpc) is 2.37. The molecule has 1 aromatic carbocycles. The zero-order chi connectivity index (χ0) is 13.1. The van der Waals surface area contributed by atoms with E-state index < -0.39 is 0 Å². The van der Waals surface area contributed by atoms with Crippen molar-refractivity contribution in [2.24, 2.45) is 5.92 Å². The fraction of sp³-hybridized carbons (Fsp3) is 0.533. The molecule has 18 heavy (non-hydrogen) atoms. The van der Waals surface area contributed by atoms with Gasteiger partial charge in [0.2, 0.25) is 0 Å². The summed E-state index contributed by atoms with van der Waals surface area (Å²) in [4.78, 5) is 14.3. The van der Waals surface area contributed by atoms with Gasteiger partial charge in [-0.2, -0.15) is 0 Å². The highest BCUT2D eigenvalue weighted by Crippen LogP contribution is 2.24. The number of hydrogen-bond acceptors (Lipinski definition) is 3. The molecule has 0 unspecified atom stereocenters. The largest absolute Gasteiger partial charge is 0.458 e. The molecule has 0 bridgehead atoms. The second-order valence-electron chi connectivity index (χ2n) is 5.31. The Kier molecular flexibility index (Phi) is 4.02. The number of benzene rings is 1. The van der Waals surface area contributed by atoms with E-state index in [-0.39, 0.29) is 12.1 Å². The van der Waals surface area contributed by atoms with Crippen molar-refractivity contribution in [1.82, 2.24) is 4.90 Å². The van der Waals surface area contributed by atoms with Crippen LogP contribution in [0, 0.1) is 5.92 Å². The van der Waals surface area contributed by atoms with Crippen LogP contribution in [-0.2, 0) is 4.74 Å². The Balaban J connectivity index is 1.99. The van der Waals surface area contributed by atoms with Gasteiger partial charge in [0, 0.05) is 18.5 Å². The molecule has 1 fully saturated rings. The minimum absolute atomic E-state index is 0.0314. The van der Waals surface area contributed by atoms with E-state index in [0.717, 1.165) is 13.0 Å². The van der Waals surface area contributed by atoms with E-state index in [4.69, 9.17) is 4.74 Å².